The number of benzene rings is 1. The summed E-state index contributed by atoms with van der Waals surface area (Å²) < 4.78 is 5.34. The fraction of sp³-hybridized carbons (Fsp3) is 0.200. The number of carbonyl (C=O) groups is 2. The number of hydrogen-bond acceptors (Lipinski definition) is 6. The molecule has 28 heavy (non-hydrogen) atoms. The Kier molecular flexibility index (Phi) is 4.79. The number of nitrogens with one attached hydrogen (secondary N) is 1. The van der Waals surface area contributed by atoms with Crippen molar-refractivity contribution in [2.75, 3.05) is 23.4 Å². The minimum atomic E-state index is -0.340. The summed E-state index contributed by atoms with van der Waals surface area (Å²) in [6, 6.07) is 9.58. The van der Waals surface area contributed by atoms with E-state index in [-0.39, 0.29) is 25.0 Å². The average molecular weight is 394 g/mol. The number of aromatic nitrogens is 2. The molecule has 142 valence electrons. The second kappa shape index (κ2) is 7.40. The molecule has 0 aliphatic carbocycles. The van der Waals surface area contributed by atoms with Gasteiger partial charge >= 0.3 is 0 Å². The summed E-state index contributed by atoms with van der Waals surface area (Å²) in [7, 11) is 0. The minimum absolute atomic E-state index is 0.111. The van der Waals surface area contributed by atoms with Crippen molar-refractivity contribution in [3.8, 4) is 17.0 Å². The van der Waals surface area contributed by atoms with Crippen LogP contribution in [-0.2, 0) is 9.59 Å². The summed E-state index contributed by atoms with van der Waals surface area (Å²) in [5.41, 5.74) is 4.21. The van der Waals surface area contributed by atoms with Gasteiger partial charge in [-0.25, -0.2) is 9.97 Å². The first kappa shape index (κ1) is 18.1. The molecule has 0 unspecified atom stereocenters. The molecule has 0 spiro atoms. The third kappa shape index (κ3) is 3.59. The van der Waals surface area contributed by atoms with E-state index in [0.29, 0.717) is 16.7 Å². The van der Waals surface area contributed by atoms with Crippen LogP contribution in [0.15, 0.2) is 41.9 Å². The van der Waals surface area contributed by atoms with Crippen molar-refractivity contribution in [3.05, 3.63) is 53.0 Å². The van der Waals surface area contributed by atoms with Crippen LogP contribution in [0.2, 0.25) is 0 Å². The van der Waals surface area contributed by atoms with E-state index in [1.54, 1.807) is 18.3 Å². The van der Waals surface area contributed by atoms with Crippen molar-refractivity contribution in [3.63, 3.8) is 0 Å². The third-order valence-corrected chi connectivity index (χ3v) is 5.27. The number of rotatable bonds is 4. The quantitative estimate of drug-likeness (QED) is 0.735. The fourth-order valence-corrected chi connectivity index (χ4v) is 3.60. The highest BCUT2D eigenvalue weighted by atomic mass is 32.1. The summed E-state index contributed by atoms with van der Waals surface area (Å²) in [4.78, 5) is 34.6. The SMILES string of the molecule is Cc1ccc(-c2csc(NC(=O)CN3C(=O)COc4cccnc43)n2)cc1C. The van der Waals surface area contributed by atoms with Crippen LogP contribution < -0.4 is 15.0 Å². The van der Waals surface area contributed by atoms with Gasteiger partial charge in [-0.05, 0) is 43.2 Å². The molecule has 1 aliphatic rings. The maximum atomic E-state index is 12.5. The van der Waals surface area contributed by atoms with Gasteiger partial charge in [0.2, 0.25) is 5.91 Å². The first-order valence-corrected chi connectivity index (χ1v) is 9.60. The first-order valence-electron chi connectivity index (χ1n) is 8.72. The molecule has 1 N–H and O–H groups in total. The summed E-state index contributed by atoms with van der Waals surface area (Å²) in [5.74, 6) is 0.189. The summed E-state index contributed by atoms with van der Waals surface area (Å²) >= 11 is 1.34. The average Bonchev–Trinajstić information content (AvgIpc) is 3.14. The number of anilines is 2. The Hall–Kier alpha value is -3.26. The highest BCUT2D eigenvalue weighted by molar-refractivity contribution is 7.14. The van der Waals surface area contributed by atoms with Crippen molar-refractivity contribution in [1.82, 2.24) is 9.97 Å². The second-order valence-corrected chi connectivity index (χ2v) is 7.34. The van der Waals surface area contributed by atoms with Crippen molar-refractivity contribution in [2.45, 2.75) is 13.8 Å². The van der Waals surface area contributed by atoms with E-state index in [4.69, 9.17) is 4.74 Å². The van der Waals surface area contributed by atoms with Gasteiger partial charge in [0, 0.05) is 17.1 Å². The van der Waals surface area contributed by atoms with E-state index < -0.39 is 0 Å². The zero-order valence-corrected chi connectivity index (χ0v) is 16.2. The molecule has 0 fully saturated rings. The van der Waals surface area contributed by atoms with Crippen molar-refractivity contribution in [1.29, 1.82) is 0 Å². The molecule has 0 saturated heterocycles. The largest absolute Gasteiger partial charge is 0.480 e. The molecule has 8 heteroatoms. The lowest BCUT2D eigenvalue weighted by Gasteiger charge is -2.27. The number of amides is 2. The number of aryl methyl sites for hydroxylation is 2. The summed E-state index contributed by atoms with van der Waals surface area (Å²) in [6.45, 7) is 3.86. The Bertz CT molecular complexity index is 1060. The normalized spacial score (nSPS) is 13.1. The standard InChI is InChI=1S/C20H18N4O3S/c1-12-5-6-14(8-13(12)2)15-11-28-20(22-15)23-17(25)9-24-18(26)10-27-16-4-3-7-21-19(16)24/h3-8,11H,9-10H2,1-2H3,(H,22,23,25). The second-order valence-electron chi connectivity index (χ2n) is 6.48. The molecule has 0 bridgehead atoms. The predicted octanol–water partition coefficient (Wildman–Crippen LogP) is 3.19. The zero-order chi connectivity index (χ0) is 19.7. The van der Waals surface area contributed by atoms with Gasteiger partial charge in [0.15, 0.2) is 23.3 Å². The number of nitrogens with zero attached hydrogens (tertiary/aromatic N) is 3. The van der Waals surface area contributed by atoms with Crippen molar-refractivity contribution < 1.29 is 14.3 Å². The zero-order valence-electron chi connectivity index (χ0n) is 15.4. The van der Waals surface area contributed by atoms with Crippen LogP contribution in [-0.4, -0.2) is 34.9 Å². The van der Waals surface area contributed by atoms with Gasteiger partial charge in [-0.15, -0.1) is 11.3 Å². The Labute approximate surface area is 166 Å². The molecule has 2 aromatic heterocycles. The monoisotopic (exact) mass is 394 g/mol. The number of fused-ring (bicyclic) bond motifs is 1. The van der Waals surface area contributed by atoms with E-state index in [2.05, 4.69) is 41.3 Å². The Morgan fingerprint density at radius 3 is 2.96 bits per heavy atom. The van der Waals surface area contributed by atoms with Gasteiger partial charge in [0.05, 0.1) is 5.69 Å². The summed E-state index contributed by atoms with van der Waals surface area (Å²) in [5, 5.41) is 5.15. The van der Waals surface area contributed by atoms with Gasteiger partial charge in [0.25, 0.3) is 5.91 Å². The molecular weight excluding hydrogens is 376 g/mol. The number of carbonyl (C=O) groups excluding carboxylic acids is 2. The van der Waals surface area contributed by atoms with E-state index in [1.165, 1.54) is 27.4 Å². The van der Waals surface area contributed by atoms with Crippen molar-refractivity contribution >= 4 is 34.1 Å². The number of ether oxygens (including phenoxy) is 1. The van der Waals surface area contributed by atoms with Crippen LogP contribution in [0.4, 0.5) is 10.9 Å². The van der Waals surface area contributed by atoms with Crippen molar-refractivity contribution in [2.24, 2.45) is 0 Å². The third-order valence-electron chi connectivity index (χ3n) is 4.51. The van der Waals surface area contributed by atoms with Crippen LogP contribution >= 0.6 is 11.3 Å². The highest BCUT2D eigenvalue weighted by Crippen LogP contribution is 2.29. The molecule has 1 aromatic carbocycles. The lowest BCUT2D eigenvalue weighted by atomic mass is 10.1. The molecule has 0 saturated carbocycles. The Morgan fingerprint density at radius 1 is 1.29 bits per heavy atom. The summed E-state index contributed by atoms with van der Waals surface area (Å²) in [6.07, 6.45) is 1.56. The first-order chi connectivity index (χ1) is 13.5. The molecule has 0 radical (unpaired) electrons. The maximum Gasteiger partial charge on any atom is 0.266 e. The van der Waals surface area contributed by atoms with Crippen LogP contribution in [0.5, 0.6) is 5.75 Å². The topological polar surface area (TPSA) is 84.4 Å². The molecule has 1 aliphatic heterocycles. The van der Waals surface area contributed by atoms with E-state index in [1.807, 2.05) is 11.4 Å². The molecule has 2 amide bonds. The van der Waals surface area contributed by atoms with Gasteiger partial charge in [-0.3, -0.25) is 14.5 Å². The Morgan fingerprint density at radius 2 is 2.14 bits per heavy atom. The maximum absolute atomic E-state index is 12.5. The van der Waals surface area contributed by atoms with Crippen LogP contribution in [0.3, 0.4) is 0 Å². The van der Waals surface area contributed by atoms with Gasteiger partial charge in [0.1, 0.15) is 6.54 Å². The van der Waals surface area contributed by atoms with E-state index in [9.17, 15) is 9.59 Å². The van der Waals surface area contributed by atoms with Gasteiger partial charge in [-0.2, -0.15) is 0 Å². The number of hydrogen-bond donors (Lipinski definition) is 1. The predicted molar refractivity (Wildman–Crippen MR) is 108 cm³/mol. The molecule has 0 atom stereocenters. The van der Waals surface area contributed by atoms with Crippen LogP contribution in [0.25, 0.3) is 11.3 Å². The van der Waals surface area contributed by atoms with Crippen LogP contribution in [0, 0.1) is 13.8 Å². The van der Waals surface area contributed by atoms with E-state index >= 15 is 0 Å². The lowest BCUT2D eigenvalue weighted by Crippen LogP contribution is -2.43. The van der Waals surface area contributed by atoms with Gasteiger partial charge in [-0.1, -0.05) is 12.1 Å². The highest BCUT2D eigenvalue weighted by Gasteiger charge is 2.28. The minimum Gasteiger partial charge on any atom is -0.480 e. The molecule has 4 rings (SSSR count). The van der Waals surface area contributed by atoms with Gasteiger partial charge < -0.3 is 10.1 Å². The Balaban J connectivity index is 1.47. The van der Waals surface area contributed by atoms with E-state index in [0.717, 1.165) is 11.3 Å². The molecule has 7 nitrogen and oxygen atoms in total. The molecular formula is C20H18N4O3S. The lowest BCUT2D eigenvalue weighted by molar-refractivity contribution is -0.123. The fourth-order valence-electron chi connectivity index (χ4n) is 2.86. The molecule has 3 aromatic rings. The number of thiazole rings is 1. The number of pyridine rings is 1. The smallest absolute Gasteiger partial charge is 0.266 e. The van der Waals surface area contributed by atoms with Crippen LogP contribution in [0.1, 0.15) is 11.1 Å². The molecule has 3 heterocycles.